The molecule has 37 heavy (non-hydrogen) atoms. The number of ether oxygens (including phenoxy) is 3. The Bertz CT molecular complexity index is 1150. The van der Waals surface area contributed by atoms with Gasteiger partial charge in [0, 0.05) is 30.4 Å². The summed E-state index contributed by atoms with van der Waals surface area (Å²) in [5.74, 6) is 0.950. The molecule has 1 aliphatic rings. The van der Waals surface area contributed by atoms with E-state index in [4.69, 9.17) is 14.2 Å². The number of hydrogen-bond donors (Lipinski definition) is 1. The third-order valence-corrected chi connectivity index (χ3v) is 6.05. The zero-order valence-corrected chi connectivity index (χ0v) is 21.5. The van der Waals surface area contributed by atoms with Crippen molar-refractivity contribution in [3.63, 3.8) is 0 Å². The van der Waals surface area contributed by atoms with E-state index in [1.54, 1.807) is 36.0 Å². The first-order valence-electron chi connectivity index (χ1n) is 12.0. The van der Waals surface area contributed by atoms with Gasteiger partial charge in [-0.3, -0.25) is 14.6 Å². The van der Waals surface area contributed by atoms with E-state index in [9.17, 15) is 14.4 Å². The lowest BCUT2D eigenvalue weighted by Crippen LogP contribution is -2.50. The molecule has 0 fully saturated rings. The van der Waals surface area contributed by atoms with Crippen LogP contribution >= 0.6 is 0 Å². The van der Waals surface area contributed by atoms with Gasteiger partial charge >= 0.3 is 12.1 Å². The van der Waals surface area contributed by atoms with Crippen LogP contribution in [0, 0.1) is 0 Å². The number of nitrogens with zero attached hydrogens (tertiary/aromatic N) is 2. The van der Waals surface area contributed by atoms with Gasteiger partial charge in [-0.25, -0.2) is 9.59 Å². The lowest BCUT2D eigenvalue weighted by atomic mass is 9.90. The van der Waals surface area contributed by atoms with E-state index in [1.807, 2.05) is 43.3 Å². The summed E-state index contributed by atoms with van der Waals surface area (Å²) in [5.41, 5.74) is 2.29. The topological polar surface area (TPSA) is 97.4 Å². The van der Waals surface area contributed by atoms with Gasteiger partial charge in [0.2, 0.25) is 0 Å². The predicted molar refractivity (Wildman–Crippen MR) is 141 cm³/mol. The molecule has 0 aromatic heterocycles. The third-order valence-electron chi connectivity index (χ3n) is 6.05. The zero-order chi connectivity index (χ0) is 26.8. The fourth-order valence-electron chi connectivity index (χ4n) is 4.40. The molecule has 0 radical (unpaired) electrons. The van der Waals surface area contributed by atoms with Gasteiger partial charge in [-0.1, -0.05) is 36.4 Å². The highest BCUT2D eigenvalue weighted by Gasteiger charge is 2.39. The summed E-state index contributed by atoms with van der Waals surface area (Å²) in [6.45, 7) is 4.27. The van der Waals surface area contributed by atoms with Crippen molar-refractivity contribution in [2.45, 2.75) is 38.9 Å². The highest BCUT2D eigenvalue weighted by atomic mass is 16.6. The molecule has 9 nitrogen and oxygen atoms in total. The molecule has 196 valence electrons. The van der Waals surface area contributed by atoms with E-state index in [1.165, 1.54) is 25.5 Å². The van der Waals surface area contributed by atoms with Crippen LogP contribution in [0.1, 0.15) is 37.4 Å². The largest absolute Gasteiger partial charge is 0.493 e. The van der Waals surface area contributed by atoms with Gasteiger partial charge in [-0.05, 0) is 44.1 Å². The van der Waals surface area contributed by atoms with Crippen LogP contribution in [-0.2, 0) is 16.1 Å². The average molecular weight is 508 g/mol. The molecule has 0 spiro atoms. The SMILES string of the molecule is CCOC(=O)N(Cc1ccccc1)[C@H]1C[C@@H](C)N(C(=O)NC=CC=CC=O)c2cc(OC)c(OC)cc21. The van der Waals surface area contributed by atoms with Crippen LogP contribution in [-0.4, -0.2) is 50.2 Å². The second kappa shape index (κ2) is 13.2. The number of nitrogens with one attached hydrogen (secondary N) is 1. The molecule has 1 aliphatic heterocycles. The molecule has 3 rings (SSSR count). The van der Waals surface area contributed by atoms with Crippen molar-refractivity contribution >= 4 is 24.1 Å². The number of anilines is 1. The molecule has 9 heteroatoms. The highest BCUT2D eigenvalue weighted by Crippen LogP contribution is 2.46. The van der Waals surface area contributed by atoms with Gasteiger partial charge in [0.1, 0.15) is 6.29 Å². The summed E-state index contributed by atoms with van der Waals surface area (Å²) < 4.78 is 16.5. The quantitative estimate of drug-likeness (QED) is 0.292. The molecule has 3 amide bonds. The molecule has 2 aromatic carbocycles. The second-order valence-corrected chi connectivity index (χ2v) is 8.38. The van der Waals surface area contributed by atoms with Gasteiger partial charge in [0.25, 0.3) is 0 Å². The first-order chi connectivity index (χ1) is 17.9. The minimum absolute atomic E-state index is 0.241. The number of carbonyl (C=O) groups excluding carboxylic acids is 3. The Morgan fingerprint density at radius 2 is 1.78 bits per heavy atom. The number of carbonyl (C=O) groups is 3. The maximum absolute atomic E-state index is 13.3. The van der Waals surface area contributed by atoms with E-state index in [0.717, 1.165) is 11.1 Å². The molecule has 0 unspecified atom stereocenters. The van der Waals surface area contributed by atoms with E-state index < -0.39 is 6.09 Å². The summed E-state index contributed by atoms with van der Waals surface area (Å²) >= 11 is 0. The summed E-state index contributed by atoms with van der Waals surface area (Å²) in [6.07, 6.45) is 6.54. The maximum atomic E-state index is 13.3. The molecule has 2 atom stereocenters. The Morgan fingerprint density at radius 1 is 1.08 bits per heavy atom. The summed E-state index contributed by atoms with van der Waals surface area (Å²) in [7, 11) is 3.07. The van der Waals surface area contributed by atoms with Gasteiger partial charge < -0.3 is 19.5 Å². The Hall–Kier alpha value is -4.27. The molecule has 2 aromatic rings. The van der Waals surface area contributed by atoms with Gasteiger partial charge in [0.15, 0.2) is 11.5 Å². The van der Waals surface area contributed by atoms with Crippen LogP contribution in [0.3, 0.4) is 0 Å². The van der Waals surface area contributed by atoms with Crippen molar-refractivity contribution in [3.05, 3.63) is 78.0 Å². The molecular weight excluding hydrogens is 474 g/mol. The van der Waals surface area contributed by atoms with Crippen LogP contribution in [0.2, 0.25) is 0 Å². The molecule has 1 N–H and O–H groups in total. The monoisotopic (exact) mass is 507 g/mol. The Kier molecular flexibility index (Phi) is 9.71. The molecular formula is C28H33N3O6. The number of hydrogen-bond acceptors (Lipinski definition) is 6. The molecule has 0 saturated heterocycles. The van der Waals surface area contributed by atoms with E-state index in [-0.39, 0.29) is 24.7 Å². The van der Waals surface area contributed by atoms with Crippen LogP contribution in [0.25, 0.3) is 0 Å². The molecule has 0 aliphatic carbocycles. The van der Waals surface area contributed by atoms with Crippen LogP contribution in [0.15, 0.2) is 66.9 Å². The van der Waals surface area contributed by atoms with E-state index in [0.29, 0.717) is 36.4 Å². The number of fused-ring (bicyclic) bond motifs is 1. The number of aldehydes is 1. The van der Waals surface area contributed by atoms with Gasteiger partial charge in [-0.15, -0.1) is 0 Å². The first kappa shape index (κ1) is 27.3. The summed E-state index contributed by atoms with van der Waals surface area (Å²) in [5, 5.41) is 2.74. The number of rotatable bonds is 9. The fraction of sp³-hybridized carbons (Fsp3) is 0.321. The van der Waals surface area contributed by atoms with Gasteiger partial charge in [-0.2, -0.15) is 0 Å². The summed E-state index contributed by atoms with van der Waals surface area (Å²) in [6, 6.07) is 12.2. The standard InChI is InChI=1S/C28H33N3O6/c1-5-37-28(34)30(19-21-12-8-6-9-13-21)23-16-20(2)31(27(33)29-14-10-7-11-15-32)24-18-26(36-4)25(35-3)17-22(23)24/h6-15,17-18,20,23H,5,16,19H2,1-4H3,(H,29,33)/t20-,23+/m1/s1. The smallest absolute Gasteiger partial charge is 0.410 e. The Balaban J connectivity index is 2.08. The van der Waals surface area contributed by atoms with Crippen molar-refractivity contribution in [2.24, 2.45) is 0 Å². The molecule has 1 heterocycles. The van der Waals surface area contributed by atoms with E-state index >= 15 is 0 Å². The van der Waals surface area contributed by atoms with Crippen LogP contribution in [0.4, 0.5) is 15.3 Å². The Morgan fingerprint density at radius 3 is 2.43 bits per heavy atom. The lowest BCUT2D eigenvalue weighted by molar-refractivity contribution is -0.104. The number of urea groups is 1. The maximum Gasteiger partial charge on any atom is 0.410 e. The van der Waals surface area contributed by atoms with Crippen molar-refractivity contribution < 1.29 is 28.6 Å². The van der Waals surface area contributed by atoms with E-state index in [2.05, 4.69) is 5.32 Å². The molecule has 0 bridgehead atoms. The Labute approximate surface area is 217 Å². The van der Waals surface area contributed by atoms with Crippen molar-refractivity contribution in [1.82, 2.24) is 10.2 Å². The average Bonchev–Trinajstić information content (AvgIpc) is 2.91. The summed E-state index contributed by atoms with van der Waals surface area (Å²) in [4.78, 5) is 40.2. The highest BCUT2D eigenvalue weighted by molar-refractivity contribution is 5.95. The van der Waals surface area contributed by atoms with Crippen molar-refractivity contribution in [2.75, 3.05) is 25.7 Å². The van der Waals surface area contributed by atoms with Crippen LogP contribution in [0.5, 0.6) is 11.5 Å². The second-order valence-electron chi connectivity index (χ2n) is 8.38. The van der Waals surface area contributed by atoms with Crippen LogP contribution < -0.4 is 19.7 Å². The number of benzene rings is 2. The fourth-order valence-corrected chi connectivity index (χ4v) is 4.40. The number of amides is 3. The number of allylic oxidation sites excluding steroid dienone is 3. The lowest BCUT2D eigenvalue weighted by Gasteiger charge is -2.43. The normalized spacial score (nSPS) is 16.8. The van der Waals surface area contributed by atoms with Gasteiger partial charge in [0.05, 0.1) is 32.6 Å². The predicted octanol–water partition coefficient (Wildman–Crippen LogP) is 4.98. The van der Waals surface area contributed by atoms with Crippen molar-refractivity contribution in [3.8, 4) is 11.5 Å². The van der Waals surface area contributed by atoms with Crippen molar-refractivity contribution in [1.29, 1.82) is 0 Å². The minimum Gasteiger partial charge on any atom is -0.493 e. The molecule has 0 saturated carbocycles. The minimum atomic E-state index is -0.438. The zero-order valence-electron chi connectivity index (χ0n) is 21.5. The number of methoxy groups -OCH3 is 2. The third kappa shape index (κ3) is 6.49. The first-order valence-corrected chi connectivity index (χ1v) is 12.0.